The van der Waals surface area contributed by atoms with Crippen LogP contribution in [0.2, 0.25) is 5.02 Å². The second-order valence-corrected chi connectivity index (χ2v) is 7.59. The zero-order valence-corrected chi connectivity index (χ0v) is 13.7. The molecule has 0 amide bonds. The van der Waals surface area contributed by atoms with Gasteiger partial charge in [-0.25, -0.2) is 17.8 Å². The molecule has 0 unspecified atom stereocenters. The summed E-state index contributed by atoms with van der Waals surface area (Å²) in [7, 11) is -2.25. The highest BCUT2D eigenvalue weighted by molar-refractivity contribution is 7.93. The van der Waals surface area contributed by atoms with Crippen LogP contribution in [-0.2, 0) is 16.6 Å². The molecule has 9 heteroatoms. The third-order valence-corrected chi connectivity index (χ3v) is 5.30. The van der Waals surface area contributed by atoms with Gasteiger partial charge in [0.15, 0.2) is 5.13 Å². The van der Waals surface area contributed by atoms with E-state index in [0.717, 1.165) is 10.9 Å². The summed E-state index contributed by atoms with van der Waals surface area (Å²) in [4.78, 5) is 4.60. The maximum Gasteiger partial charge on any atom is 0.263 e. The predicted octanol–water partition coefficient (Wildman–Crippen LogP) is 2.76. The third-order valence-electron chi connectivity index (χ3n) is 2.60. The van der Waals surface area contributed by atoms with E-state index in [1.807, 2.05) is 6.92 Å². The molecule has 2 N–H and O–H groups in total. The highest BCUT2D eigenvalue weighted by Crippen LogP contribution is 2.26. The lowest BCUT2D eigenvalue weighted by molar-refractivity contribution is 0.594. The number of anilines is 1. The first-order chi connectivity index (χ1) is 9.83. The van der Waals surface area contributed by atoms with E-state index >= 15 is 0 Å². The summed E-state index contributed by atoms with van der Waals surface area (Å²) in [5.74, 6) is -0.778. The molecule has 0 atom stereocenters. The Hall–Kier alpha value is -1.22. The fourth-order valence-corrected chi connectivity index (χ4v) is 3.81. The van der Waals surface area contributed by atoms with Crippen molar-refractivity contribution in [1.82, 2.24) is 10.3 Å². The Morgan fingerprint density at radius 1 is 1.43 bits per heavy atom. The Morgan fingerprint density at radius 3 is 2.71 bits per heavy atom. The smallest absolute Gasteiger partial charge is 0.263 e. The molecule has 114 valence electrons. The monoisotopic (exact) mass is 349 g/mol. The van der Waals surface area contributed by atoms with Gasteiger partial charge in [0.1, 0.15) is 5.82 Å². The second kappa shape index (κ2) is 6.27. The molecule has 0 saturated carbocycles. The minimum Gasteiger partial charge on any atom is -0.316 e. The number of benzene rings is 1. The molecule has 2 rings (SSSR count). The van der Waals surface area contributed by atoms with Gasteiger partial charge >= 0.3 is 0 Å². The lowest BCUT2D eigenvalue weighted by Gasteiger charge is -2.10. The lowest BCUT2D eigenvalue weighted by atomic mass is 10.2. The molecule has 1 aromatic carbocycles. The molecular weight excluding hydrogens is 337 g/mol. The highest BCUT2D eigenvalue weighted by Gasteiger charge is 2.20. The van der Waals surface area contributed by atoms with Crippen LogP contribution in [0.1, 0.15) is 10.4 Å². The third kappa shape index (κ3) is 3.70. The van der Waals surface area contributed by atoms with Crippen LogP contribution in [0, 0.1) is 12.7 Å². The van der Waals surface area contributed by atoms with Crippen molar-refractivity contribution in [1.29, 1.82) is 0 Å². The van der Waals surface area contributed by atoms with Crippen LogP contribution >= 0.6 is 22.9 Å². The number of hydrogen-bond donors (Lipinski definition) is 2. The fourth-order valence-electron chi connectivity index (χ4n) is 1.67. The summed E-state index contributed by atoms with van der Waals surface area (Å²) in [5.41, 5.74) is 0.370. The first-order valence-electron chi connectivity index (χ1n) is 5.91. The molecule has 1 aromatic heterocycles. The van der Waals surface area contributed by atoms with Crippen LogP contribution in [0.4, 0.5) is 9.52 Å². The first kappa shape index (κ1) is 16.2. The number of rotatable bonds is 5. The van der Waals surface area contributed by atoms with Crippen LogP contribution in [-0.4, -0.2) is 20.4 Å². The Labute approximate surface area is 131 Å². The summed E-state index contributed by atoms with van der Waals surface area (Å²) in [6.07, 6.45) is 1.55. The van der Waals surface area contributed by atoms with Gasteiger partial charge in [-0.2, -0.15) is 0 Å². The molecule has 1 heterocycles. The van der Waals surface area contributed by atoms with Crippen LogP contribution in [0.5, 0.6) is 0 Å². The Bertz CT molecular complexity index is 762. The van der Waals surface area contributed by atoms with E-state index in [-0.39, 0.29) is 21.6 Å². The number of thiazole rings is 1. The number of aryl methyl sites for hydroxylation is 1. The maximum atomic E-state index is 13.8. The minimum atomic E-state index is -3.91. The number of nitrogens with one attached hydrogen (secondary N) is 2. The average molecular weight is 350 g/mol. The molecule has 0 fully saturated rings. The summed E-state index contributed by atoms with van der Waals surface area (Å²) in [6.45, 7) is 2.07. The highest BCUT2D eigenvalue weighted by atomic mass is 35.5. The van der Waals surface area contributed by atoms with Crippen molar-refractivity contribution in [3.05, 3.63) is 39.6 Å². The lowest BCUT2D eigenvalue weighted by Crippen LogP contribution is -2.15. The van der Waals surface area contributed by atoms with Crippen LogP contribution in [0.15, 0.2) is 23.2 Å². The largest absolute Gasteiger partial charge is 0.316 e. The van der Waals surface area contributed by atoms with Gasteiger partial charge in [-0.05, 0) is 31.7 Å². The summed E-state index contributed by atoms with van der Waals surface area (Å²) >= 11 is 7.01. The van der Waals surface area contributed by atoms with Crippen molar-refractivity contribution in [2.45, 2.75) is 18.4 Å². The SMILES string of the molecule is CNCc1cc(S(=O)(=O)Nc2ncc(C)s2)cc(F)c1Cl. The van der Waals surface area contributed by atoms with Gasteiger partial charge in [0.2, 0.25) is 0 Å². The molecule has 2 aromatic rings. The number of hydrogen-bond acceptors (Lipinski definition) is 5. The zero-order valence-electron chi connectivity index (χ0n) is 11.3. The van der Waals surface area contributed by atoms with Crippen molar-refractivity contribution >= 4 is 38.1 Å². The molecule has 0 spiro atoms. The average Bonchev–Trinajstić information content (AvgIpc) is 2.79. The topological polar surface area (TPSA) is 71.1 Å². The Kier molecular flexibility index (Phi) is 4.82. The van der Waals surface area contributed by atoms with Crippen molar-refractivity contribution in [3.63, 3.8) is 0 Å². The van der Waals surface area contributed by atoms with Crippen LogP contribution in [0.3, 0.4) is 0 Å². The minimum absolute atomic E-state index is 0.0895. The van der Waals surface area contributed by atoms with Gasteiger partial charge in [-0.1, -0.05) is 11.6 Å². The van der Waals surface area contributed by atoms with Crippen LogP contribution in [0.25, 0.3) is 0 Å². The van der Waals surface area contributed by atoms with E-state index in [1.165, 1.54) is 17.4 Å². The Morgan fingerprint density at radius 2 is 2.14 bits per heavy atom. The first-order valence-corrected chi connectivity index (χ1v) is 8.59. The molecule has 0 saturated heterocycles. The number of sulfonamides is 1. The summed E-state index contributed by atoms with van der Waals surface area (Å²) in [6, 6.07) is 2.23. The van der Waals surface area contributed by atoms with Crippen molar-refractivity contribution in [3.8, 4) is 0 Å². The number of aromatic nitrogens is 1. The number of halogens is 2. The van der Waals surface area contributed by atoms with Crippen molar-refractivity contribution in [2.24, 2.45) is 0 Å². The van der Waals surface area contributed by atoms with Crippen molar-refractivity contribution < 1.29 is 12.8 Å². The van der Waals surface area contributed by atoms with E-state index in [2.05, 4.69) is 15.0 Å². The molecule has 0 aliphatic carbocycles. The maximum absolute atomic E-state index is 13.8. The molecule has 0 radical (unpaired) electrons. The van der Waals surface area contributed by atoms with E-state index in [1.54, 1.807) is 13.2 Å². The standard InChI is InChI=1S/C12H13ClFN3O2S2/c1-7-5-16-12(20-7)17-21(18,19)9-3-8(6-15-2)11(13)10(14)4-9/h3-5,15H,6H2,1-2H3,(H,16,17). The molecule has 5 nitrogen and oxygen atoms in total. The van der Waals surface area contributed by atoms with Gasteiger partial charge in [0, 0.05) is 17.6 Å². The fraction of sp³-hybridized carbons (Fsp3) is 0.250. The number of nitrogens with zero attached hydrogens (tertiary/aromatic N) is 1. The van der Waals surface area contributed by atoms with Gasteiger partial charge in [0.05, 0.1) is 9.92 Å². The van der Waals surface area contributed by atoms with E-state index in [4.69, 9.17) is 11.6 Å². The normalized spacial score (nSPS) is 11.6. The van der Waals surface area contributed by atoms with E-state index in [0.29, 0.717) is 5.56 Å². The van der Waals surface area contributed by atoms with E-state index in [9.17, 15) is 12.8 Å². The van der Waals surface area contributed by atoms with Crippen LogP contribution < -0.4 is 10.0 Å². The van der Waals surface area contributed by atoms with Gasteiger partial charge < -0.3 is 5.32 Å². The summed E-state index contributed by atoms with van der Waals surface area (Å²) in [5, 5.41) is 2.95. The molecular formula is C12H13ClFN3O2S2. The Balaban J connectivity index is 2.40. The van der Waals surface area contributed by atoms with Gasteiger partial charge in [-0.3, -0.25) is 4.72 Å². The molecule has 0 aliphatic heterocycles. The second-order valence-electron chi connectivity index (χ2n) is 4.29. The predicted molar refractivity (Wildman–Crippen MR) is 81.8 cm³/mol. The van der Waals surface area contributed by atoms with Gasteiger partial charge in [0.25, 0.3) is 10.0 Å². The quantitative estimate of drug-likeness (QED) is 0.870. The molecule has 21 heavy (non-hydrogen) atoms. The van der Waals surface area contributed by atoms with E-state index < -0.39 is 15.8 Å². The van der Waals surface area contributed by atoms with Crippen molar-refractivity contribution in [2.75, 3.05) is 11.8 Å². The van der Waals surface area contributed by atoms with Gasteiger partial charge in [-0.15, -0.1) is 11.3 Å². The zero-order chi connectivity index (χ0) is 15.6. The molecule has 0 aliphatic rings. The molecule has 0 bridgehead atoms. The summed E-state index contributed by atoms with van der Waals surface area (Å²) < 4.78 is 40.6.